The number of ether oxygens (including phenoxy) is 1. The fraction of sp³-hybridized carbons (Fsp3) is 0.462. The van der Waals surface area contributed by atoms with Crippen molar-refractivity contribution in [1.82, 2.24) is 0 Å². The van der Waals surface area contributed by atoms with Crippen molar-refractivity contribution in [3.05, 3.63) is 28.8 Å². The topological polar surface area (TPSA) is 62.3 Å². The molecule has 1 aromatic rings. The predicted molar refractivity (Wildman–Crippen MR) is 74.7 cm³/mol. The van der Waals surface area contributed by atoms with E-state index in [1.54, 1.807) is 6.07 Å². The van der Waals surface area contributed by atoms with Gasteiger partial charge in [0.2, 0.25) is 0 Å². The fourth-order valence-electron chi connectivity index (χ4n) is 2.29. The van der Waals surface area contributed by atoms with Gasteiger partial charge >= 0.3 is 0 Å². The Kier molecular flexibility index (Phi) is 4.09. The summed E-state index contributed by atoms with van der Waals surface area (Å²) in [5.74, 6) is -0.00482. The van der Waals surface area contributed by atoms with Crippen molar-refractivity contribution in [1.29, 1.82) is 5.41 Å². The smallest absolute Gasteiger partial charge is 0.126 e. The molecule has 0 radical (unpaired) electrons. The summed E-state index contributed by atoms with van der Waals surface area (Å²) in [4.78, 5) is 2.05. The number of nitrogens with zero attached hydrogens (tertiary/aromatic N) is 1. The Morgan fingerprint density at radius 2 is 2.39 bits per heavy atom. The monoisotopic (exact) mass is 267 g/mol. The van der Waals surface area contributed by atoms with Gasteiger partial charge in [-0.1, -0.05) is 17.7 Å². The van der Waals surface area contributed by atoms with Crippen LogP contribution in [-0.4, -0.2) is 32.1 Å². The first-order chi connectivity index (χ1) is 8.59. The van der Waals surface area contributed by atoms with Crippen LogP contribution in [-0.2, 0) is 4.74 Å². The summed E-state index contributed by atoms with van der Waals surface area (Å²) in [6.07, 6.45) is 2.46. The van der Waals surface area contributed by atoms with Gasteiger partial charge < -0.3 is 15.4 Å². The molecule has 5 heteroatoms. The van der Waals surface area contributed by atoms with Crippen molar-refractivity contribution in [2.45, 2.75) is 18.9 Å². The van der Waals surface area contributed by atoms with Crippen molar-refractivity contribution in [3.63, 3.8) is 0 Å². The second kappa shape index (κ2) is 5.59. The Morgan fingerprint density at radius 3 is 3.00 bits per heavy atom. The highest BCUT2D eigenvalue weighted by atomic mass is 35.5. The van der Waals surface area contributed by atoms with E-state index in [1.807, 2.05) is 19.2 Å². The molecule has 2 rings (SSSR count). The average Bonchev–Trinajstić information content (AvgIpc) is 2.80. The highest BCUT2D eigenvalue weighted by Crippen LogP contribution is 2.27. The van der Waals surface area contributed by atoms with E-state index < -0.39 is 0 Å². The normalized spacial score (nSPS) is 18.9. The fourth-order valence-corrected chi connectivity index (χ4v) is 2.56. The van der Waals surface area contributed by atoms with E-state index in [0.717, 1.165) is 31.7 Å². The number of nitrogen functional groups attached to an aromatic ring is 1. The van der Waals surface area contributed by atoms with Crippen molar-refractivity contribution in [2.24, 2.45) is 5.73 Å². The first-order valence-electron chi connectivity index (χ1n) is 6.05. The van der Waals surface area contributed by atoms with Gasteiger partial charge in [-0.2, -0.15) is 0 Å². The van der Waals surface area contributed by atoms with Crippen LogP contribution >= 0.6 is 11.6 Å². The zero-order chi connectivity index (χ0) is 13.1. The van der Waals surface area contributed by atoms with Gasteiger partial charge in [-0.15, -0.1) is 0 Å². The van der Waals surface area contributed by atoms with E-state index in [-0.39, 0.29) is 11.9 Å². The van der Waals surface area contributed by atoms with Gasteiger partial charge in [0.15, 0.2) is 0 Å². The third-order valence-electron chi connectivity index (χ3n) is 3.17. The number of benzene rings is 1. The van der Waals surface area contributed by atoms with Crippen molar-refractivity contribution < 1.29 is 4.74 Å². The Labute approximate surface area is 112 Å². The van der Waals surface area contributed by atoms with Crippen molar-refractivity contribution >= 4 is 23.1 Å². The van der Waals surface area contributed by atoms with Gasteiger partial charge in [0, 0.05) is 25.9 Å². The lowest BCUT2D eigenvalue weighted by molar-refractivity contribution is 0.116. The summed E-state index contributed by atoms with van der Waals surface area (Å²) in [6, 6.07) is 5.55. The van der Waals surface area contributed by atoms with Crippen LogP contribution in [0, 0.1) is 5.41 Å². The summed E-state index contributed by atoms with van der Waals surface area (Å²) in [5.41, 5.74) is 7.08. The van der Waals surface area contributed by atoms with Crippen LogP contribution < -0.4 is 10.6 Å². The highest BCUT2D eigenvalue weighted by molar-refractivity contribution is 6.34. The Morgan fingerprint density at radius 1 is 1.61 bits per heavy atom. The third kappa shape index (κ3) is 2.76. The van der Waals surface area contributed by atoms with Gasteiger partial charge in [-0.25, -0.2) is 0 Å². The number of nitrogens with one attached hydrogen (secondary N) is 1. The van der Waals surface area contributed by atoms with Crippen LogP contribution in [0.15, 0.2) is 18.2 Å². The Bertz CT molecular complexity index is 444. The molecule has 0 amide bonds. The number of hydrogen-bond acceptors (Lipinski definition) is 3. The summed E-state index contributed by atoms with van der Waals surface area (Å²) < 4.78 is 5.62. The number of halogens is 1. The third-order valence-corrected chi connectivity index (χ3v) is 3.49. The minimum absolute atomic E-state index is 0.00482. The van der Waals surface area contributed by atoms with Gasteiger partial charge in [0.1, 0.15) is 5.84 Å². The molecule has 0 bridgehead atoms. The molecule has 1 saturated heterocycles. The van der Waals surface area contributed by atoms with Crippen LogP contribution in [0.2, 0.25) is 5.02 Å². The van der Waals surface area contributed by atoms with E-state index >= 15 is 0 Å². The SMILES string of the molecule is CN(CC1CCCO1)c1cccc(Cl)c1C(=N)N. The number of amidine groups is 1. The van der Waals surface area contributed by atoms with Crippen LogP contribution in [0.4, 0.5) is 5.69 Å². The van der Waals surface area contributed by atoms with Crippen LogP contribution in [0.1, 0.15) is 18.4 Å². The molecular weight excluding hydrogens is 250 g/mol. The summed E-state index contributed by atoms with van der Waals surface area (Å²) >= 11 is 6.11. The molecule has 1 aromatic carbocycles. The molecule has 0 aromatic heterocycles. The Balaban J connectivity index is 2.20. The van der Waals surface area contributed by atoms with Gasteiger partial charge in [-0.3, -0.25) is 5.41 Å². The molecule has 4 nitrogen and oxygen atoms in total. The average molecular weight is 268 g/mol. The maximum atomic E-state index is 7.63. The number of rotatable bonds is 4. The minimum Gasteiger partial charge on any atom is -0.384 e. The molecule has 1 heterocycles. The first-order valence-corrected chi connectivity index (χ1v) is 6.43. The van der Waals surface area contributed by atoms with E-state index in [0.29, 0.717) is 10.6 Å². The van der Waals surface area contributed by atoms with E-state index in [2.05, 4.69) is 4.90 Å². The zero-order valence-electron chi connectivity index (χ0n) is 10.4. The molecule has 1 unspecified atom stereocenters. The summed E-state index contributed by atoms with van der Waals surface area (Å²) in [5, 5.41) is 8.14. The second-order valence-corrected chi connectivity index (χ2v) is 4.97. The van der Waals surface area contributed by atoms with Gasteiger partial charge in [-0.05, 0) is 25.0 Å². The number of hydrogen-bond donors (Lipinski definition) is 2. The van der Waals surface area contributed by atoms with E-state index in [4.69, 9.17) is 27.5 Å². The summed E-state index contributed by atoms with van der Waals surface area (Å²) in [7, 11) is 1.97. The molecule has 0 saturated carbocycles. The molecule has 18 heavy (non-hydrogen) atoms. The van der Waals surface area contributed by atoms with Crippen molar-refractivity contribution in [3.8, 4) is 0 Å². The molecule has 3 N–H and O–H groups in total. The van der Waals surface area contributed by atoms with E-state index in [9.17, 15) is 0 Å². The lowest BCUT2D eigenvalue weighted by atomic mass is 10.1. The van der Waals surface area contributed by atoms with Gasteiger partial charge in [0.25, 0.3) is 0 Å². The second-order valence-electron chi connectivity index (χ2n) is 4.56. The number of likely N-dealkylation sites (N-methyl/N-ethyl adjacent to an activating group) is 1. The zero-order valence-corrected chi connectivity index (χ0v) is 11.2. The highest BCUT2D eigenvalue weighted by Gasteiger charge is 2.20. The van der Waals surface area contributed by atoms with Crippen LogP contribution in [0.25, 0.3) is 0 Å². The molecule has 1 aliphatic rings. The molecule has 98 valence electrons. The predicted octanol–water partition coefficient (Wildman–Crippen LogP) is 2.24. The summed E-state index contributed by atoms with van der Waals surface area (Å²) in [6.45, 7) is 1.63. The quantitative estimate of drug-likeness (QED) is 0.650. The molecule has 0 aliphatic carbocycles. The van der Waals surface area contributed by atoms with Crippen LogP contribution in [0.5, 0.6) is 0 Å². The molecule has 1 atom stereocenters. The molecular formula is C13H18ClN3O. The number of anilines is 1. The number of nitrogens with two attached hydrogens (primary N) is 1. The minimum atomic E-state index is -0.00482. The molecule has 1 aliphatic heterocycles. The van der Waals surface area contributed by atoms with E-state index in [1.165, 1.54) is 0 Å². The van der Waals surface area contributed by atoms with Crippen molar-refractivity contribution in [2.75, 3.05) is 25.1 Å². The van der Waals surface area contributed by atoms with Crippen LogP contribution in [0.3, 0.4) is 0 Å². The lowest BCUT2D eigenvalue weighted by Gasteiger charge is -2.25. The largest absolute Gasteiger partial charge is 0.384 e. The first kappa shape index (κ1) is 13.2. The molecule has 1 fully saturated rings. The lowest BCUT2D eigenvalue weighted by Crippen LogP contribution is -2.30. The molecule has 0 spiro atoms. The Hall–Kier alpha value is -1.26. The standard InChI is InChI=1S/C13H18ClN3O/c1-17(8-9-4-3-7-18-9)11-6-2-5-10(14)12(11)13(15)16/h2,5-6,9H,3-4,7-8H2,1H3,(H3,15,16). The van der Waals surface area contributed by atoms with Gasteiger partial charge in [0.05, 0.1) is 16.7 Å². The maximum Gasteiger partial charge on any atom is 0.126 e. The maximum absolute atomic E-state index is 7.63.